The maximum atomic E-state index is 12.8. The third-order valence-corrected chi connectivity index (χ3v) is 11.3. The van der Waals surface area contributed by atoms with Crippen LogP contribution in [-0.2, 0) is 33.3 Å². The van der Waals surface area contributed by atoms with Gasteiger partial charge in [0.05, 0.1) is 40.3 Å². The van der Waals surface area contributed by atoms with Crippen molar-refractivity contribution in [2.24, 2.45) is 0 Å². The van der Waals surface area contributed by atoms with E-state index in [1.54, 1.807) is 0 Å². The van der Waals surface area contributed by atoms with Crippen LogP contribution >= 0.6 is 0 Å². The highest BCUT2D eigenvalue weighted by atomic mass is 16.7. The van der Waals surface area contributed by atoms with Crippen LogP contribution in [-0.4, -0.2) is 82.3 Å². The van der Waals surface area contributed by atoms with Gasteiger partial charge in [-0.2, -0.15) is 0 Å². The molecule has 0 heterocycles. The van der Waals surface area contributed by atoms with Crippen LogP contribution < -0.4 is 5.11 Å². The van der Waals surface area contributed by atoms with Gasteiger partial charge in [0, 0.05) is 12.8 Å². The minimum absolute atomic E-state index is 0.141. The van der Waals surface area contributed by atoms with Crippen molar-refractivity contribution < 1.29 is 42.9 Å². The van der Waals surface area contributed by atoms with E-state index in [4.69, 9.17) is 18.9 Å². The lowest BCUT2D eigenvalue weighted by Crippen LogP contribution is -2.44. The molecule has 394 valence electrons. The molecule has 0 radical (unpaired) electrons. The van der Waals surface area contributed by atoms with Gasteiger partial charge in [0.1, 0.15) is 13.2 Å². The van der Waals surface area contributed by atoms with Gasteiger partial charge >= 0.3 is 11.9 Å². The van der Waals surface area contributed by atoms with E-state index in [1.165, 1.54) is 64.2 Å². The smallest absolute Gasteiger partial charge is 0.306 e. The predicted octanol–water partition coefficient (Wildman–Crippen LogP) is 14.4. The Kier molecular flexibility index (Phi) is 47.8. The molecular weight excluding hydrogens is 863 g/mol. The van der Waals surface area contributed by atoms with Crippen LogP contribution in [0, 0.1) is 0 Å². The monoisotopic (exact) mass is 964 g/mol. The first kappa shape index (κ1) is 65.2. The van der Waals surface area contributed by atoms with E-state index < -0.39 is 24.3 Å². The van der Waals surface area contributed by atoms with Gasteiger partial charge in [-0.1, -0.05) is 201 Å². The number of allylic oxidation sites excluding steroid dienone is 16. The maximum Gasteiger partial charge on any atom is 0.306 e. The summed E-state index contributed by atoms with van der Waals surface area (Å²) in [6.45, 7) is 4.50. The molecule has 0 saturated heterocycles. The van der Waals surface area contributed by atoms with Gasteiger partial charge in [-0.25, -0.2) is 0 Å². The number of esters is 2. The Balaban J connectivity index is 4.29. The highest BCUT2D eigenvalue weighted by Crippen LogP contribution is 2.15. The Hall–Kier alpha value is -3.79. The van der Waals surface area contributed by atoms with Crippen molar-refractivity contribution in [1.82, 2.24) is 0 Å². The van der Waals surface area contributed by atoms with Crippen LogP contribution in [0.5, 0.6) is 0 Å². The van der Waals surface area contributed by atoms with E-state index in [-0.39, 0.29) is 38.6 Å². The van der Waals surface area contributed by atoms with Crippen LogP contribution in [0.3, 0.4) is 0 Å². The Morgan fingerprint density at radius 2 is 0.783 bits per heavy atom. The Morgan fingerprint density at radius 3 is 1.16 bits per heavy atom. The number of quaternary nitrogens is 1. The summed E-state index contributed by atoms with van der Waals surface area (Å²) in [5.41, 5.74) is 0. The minimum Gasteiger partial charge on any atom is -0.545 e. The molecule has 0 fully saturated rings. The summed E-state index contributed by atoms with van der Waals surface area (Å²) in [5, 5.41) is 11.8. The maximum absolute atomic E-state index is 12.8. The molecule has 2 atom stereocenters. The molecule has 0 aromatic carbocycles. The molecule has 0 rings (SSSR count). The quantitative estimate of drug-likeness (QED) is 0.0195. The number of hydrogen-bond acceptors (Lipinski definition) is 8. The third-order valence-electron chi connectivity index (χ3n) is 11.3. The van der Waals surface area contributed by atoms with Gasteiger partial charge in [0.25, 0.3) is 0 Å². The fraction of sp³-hybridized carbons (Fsp3) is 0.683. The molecule has 0 aliphatic rings. The SMILES string of the molecule is CC/C=C\C/C=C\C/C=C\C/C=C\C/C=C\CCCCCCCCCCCCCC(=O)OC(COC(=O)CCCCCCCCC/C=C\C/C=C\C/C=C\CC)COC(OCC[N+](C)(C)C)C(=O)[O-]. The highest BCUT2D eigenvalue weighted by molar-refractivity contribution is 5.70. The van der Waals surface area contributed by atoms with Crippen molar-refractivity contribution in [2.75, 3.05) is 47.5 Å². The van der Waals surface area contributed by atoms with Crippen LogP contribution in [0.15, 0.2) is 97.2 Å². The molecule has 69 heavy (non-hydrogen) atoms. The predicted molar refractivity (Wildman–Crippen MR) is 287 cm³/mol. The van der Waals surface area contributed by atoms with Crippen molar-refractivity contribution in [3.05, 3.63) is 97.2 Å². The second-order valence-corrected chi connectivity index (χ2v) is 19.1. The normalized spacial score (nSPS) is 13.6. The summed E-state index contributed by atoms with van der Waals surface area (Å²) < 4.78 is 22.7. The first-order chi connectivity index (χ1) is 33.6. The van der Waals surface area contributed by atoms with E-state index in [2.05, 4.69) is 111 Å². The van der Waals surface area contributed by atoms with Crippen molar-refractivity contribution in [3.63, 3.8) is 0 Å². The molecular formula is C60H101NO8. The number of aliphatic carboxylic acids is 1. The molecule has 0 saturated carbocycles. The van der Waals surface area contributed by atoms with Crippen molar-refractivity contribution in [1.29, 1.82) is 0 Å². The zero-order valence-corrected chi connectivity index (χ0v) is 44.6. The molecule has 0 N–H and O–H groups in total. The van der Waals surface area contributed by atoms with E-state index in [9.17, 15) is 19.5 Å². The van der Waals surface area contributed by atoms with E-state index in [0.29, 0.717) is 17.4 Å². The summed E-state index contributed by atoms with van der Waals surface area (Å²) in [7, 11) is 5.91. The second-order valence-electron chi connectivity index (χ2n) is 19.1. The summed E-state index contributed by atoms with van der Waals surface area (Å²) in [4.78, 5) is 37.2. The second kappa shape index (κ2) is 50.6. The number of carbonyl (C=O) groups excluding carboxylic acids is 3. The molecule has 2 unspecified atom stereocenters. The van der Waals surface area contributed by atoms with Crippen molar-refractivity contribution in [3.8, 4) is 0 Å². The number of hydrogen-bond donors (Lipinski definition) is 0. The first-order valence-corrected chi connectivity index (χ1v) is 27.4. The van der Waals surface area contributed by atoms with Gasteiger partial charge < -0.3 is 33.3 Å². The number of unbranched alkanes of at least 4 members (excludes halogenated alkanes) is 18. The van der Waals surface area contributed by atoms with Gasteiger partial charge in [-0.15, -0.1) is 0 Å². The number of likely N-dealkylation sites (N-methyl/N-ethyl adjacent to an activating group) is 1. The molecule has 0 spiro atoms. The fourth-order valence-electron chi connectivity index (χ4n) is 7.16. The average Bonchev–Trinajstić information content (AvgIpc) is 3.31. The molecule has 0 amide bonds. The third kappa shape index (κ3) is 51.9. The Bertz CT molecular complexity index is 1450. The van der Waals surface area contributed by atoms with E-state index in [0.717, 1.165) is 109 Å². The molecule has 0 aliphatic heterocycles. The lowest BCUT2D eigenvalue weighted by Gasteiger charge is -2.26. The largest absolute Gasteiger partial charge is 0.545 e. The van der Waals surface area contributed by atoms with Crippen molar-refractivity contribution in [2.45, 2.75) is 219 Å². The molecule has 0 aromatic heterocycles. The molecule has 9 heteroatoms. The van der Waals surface area contributed by atoms with Gasteiger partial charge in [-0.3, -0.25) is 9.59 Å². The van der Waals surface area contributed by atoms with Crippen LogP contribution in [0.25, 0.3) is 0 Å². The molecule has 0 bridgehead atoms. The summed E-state index contributed by atoms with van der Waals surface area (Å²) >= 11 is 0. The van der Waals surface area contributed by atoms with Gasteiger partial charge in [0.2, 0.25) is 0 Å². The molecule has 9 nitrogen and oxygen atoms in total. The number of carboxylic acid groups (broad SMARTS) is 1. The average molecular weight is 964 g/mol. The summed E-state index contributed by atoms with van der Waals surface area (Å²) in [5.74, 6) is -2.31. The van der Waals surface area contributed by atoms with Crippen molar-refractivity contribution >= 4 is 17.9 Å². The lowest BCUT2D eigenvalue weighted by atomic mass is 10.0. The number of carboxylic acids is 1. The zero-order chi connectivity index (χ0) is 50.6. The van der Waals surface area contributed by atoms with Crippen LogP contribution in [0.2, 0.25) is 0 Å². The number of ether oxygens (including phenoxy) is 4. The van der Waals surface area contributed by atoms with Gasteiger partial charge in [0.15, 0.2) is 12.4 Å². The summed E-state index contributed by atoms with van der Waals surface area (Å²) in [6.07, 6.45) is 64.4. The Labute approximate surface area is 422 Å². The first-order valence-electron chi connectivity index (χ1n) is 27.4. The standard InChI is InChI=1S/C60H101NO8/c1-6-8-10-12-14-16-18-20-22-24-25-26-27-28-29-30-31-32-33-35-37-39-41-43-45-47-49-51-58(63)69-56(55-68-60(59(64)65)66-53-52-61(3,4)5)54-67-57(62)50-48-46-44-42-40-38-36-34-23-21-19-17-15-13-11-9-7-2/h8-11,14-17,20-23,25-26,28-29,56,60H,6-7,12-13,18-19,24,27,30-55H2,1-5H3/b10-8-,11-9-,16-14-,17-15-,22-20-,23-21-,26-25-,29-28-. The van der Waals surface area contributed by atoms with E-state index >= 15 is 0 Å². The summed E-state index contributed by atoms with van der Waals surface area (Å²) in [6, 6.07) is 0. The Morgan fingerprint density at radius 1 is 0.435 bits per heavy atom. The minimum atomic E-state index is -1.63. The van der Waals surface area contributed by atoms with E-state index in [1.807, 2.05) is 21.1 Å². The van der Waals surface area contributed by atoms with Crippen LogP contribution in [0.1, 0.15) is 206 Å². The topological polar surface area (TPSA) is 111 Å². The van der Waals surface area contributed by atoms with Crippen LogP contribution in [0.4, 0.5) is 0 Å². The molecule has 0 aromatic rings. The highest BCUT2D eigenvalue weighted by Gasteiger charge is 2.22. The lowest BCUT2D eigenvalue weighted by molar-refractivity contribution is -0.870. The number of rotatable bonds is 49. The fourth-order valence-corrected chi connectivity index (χ4v) is 7.16. The number of carbonyl (C=O) groups is 3. The number of nitrogens with zero attached hydrogens (tertiary/aromatic N) is 1. The van der Waals surface area contributed by atoms with Gasteiger partial charge in [-0.05, 0) is 89.9 Å². The molecule has 0 aliphatic carbocycles. The zero-order valence-electron chi connectivity index (χ0n) is 44.6.